The molecule has 0 radical (unpaired) electrons. The van der Waals surface area contributed by atoms with Gasteiger partial charge in [0.25, 0.3) is 5.91 Å². The van der Waals surface area contributed by atoms with Gasteiger partial charge in [0.05, 0.1) is 7.11 Å². The number of halogens is 1. The summed E-state index contributed by atoms with van der Waals surface area (Å²) in [6, 6.07) is 13.2. The van der Waals surface area contributed by atoms with Crippen LogP contribution in [-0.4, -0.2) is 37.6 Å². The summed E-state index contributed by atoms with van der Waals surface area (Å²) in [5, 5.41) is 0.670. The number of hydrogen-bond donors (Lipinski definition) is 0. The zero-order valence-corrected chi connectivity index (χ0v) is 15.1. The Bertz CT molecular complexity index is 741. The Morgan fingerprint density at radius 3 is 2.52 bits per heavy atom. The van der Waals surface area contributed by atoms with Crippen molar-refractivity contribution in [3.63, 3.8) is 0 Å². The third kappa shape index (κ3) is 4.67. The van der Waals surface area contributed by atoms with Crippen molar-refractivity contribution in [2.24, 2.45) is 0 Å². The van der Waals surface area contributed by atoms with E-state index in [0.29, 0.717) is 16.5 Å². The lowest BCUT2D eigenvalue weighted by atomic mass is 10.1. The van der Waals surface area contributed by atoms with Crippen molar-refractivity contribution >= 4 is 17.5 Å². The molecule has 3 rings (SSSR count). The largest absolute Gasteiger partial charge is 0.497 e. The summed E-state index contributed by atoms with van der Waals surface area (Å²) < 4.78 is 11.1. The summed E-state index contributed by atoms with van der Waals surface area (Å²) in [6.45, 7) is 1.70. The highest BCUT2D eigenvalue weighted by Crippen LogP contribution is 2.31. The fraction of sp³-hybridized carbons (Fsp3) is 0.350. The SMILES string of the molecule is COc1cc(OCC(=O)N2CCCCC2)cc(-c2cccc(Cl)c2)c1. The lowest BCUT2D eigenvalue weighted by Gasteiger charge is -2.26. The van der Waals surface area contributed by atoms with Gasteiger partial charge in [-0.1, -0.05) is 23.7 Å². The van der Waals surface area contributed by atoms with Gasteiger partial charge in [0.15, 0.2) is 6.61 Å². The Morgan fingerprint density at radius 2 is 1.80 bits per heavy atom. The number of methoxy groups -OCH3 is 1. The van der Waals surface area contributed by atoms with Gasteiger partial charge < -0.3 is 14.4 Å². The smallest absolute Gasteiger partial charge is 0.260 e. The normalized spacial score (nSPS) is 14.2. The number of amides is 1. The van der Waals surface area contributed by atoms with Crippen molar-refractivity contribution in [1.82, 2.24) is 4.90 Å². The maximum absolute atomic E-state index is 12.3. The number of nitrogens with zero attached hydrogens (tertiary/aromatic N) is 1. The van der Waals surface area contributed by atoms with Crippen molar-refractivity contribution in [3.05, 3.63) is 47.5 Å². The van der Waals surface area contributed by atoms with E-state index in [1.807, 2.05) is 41.3 Å². The first-order chi connectivity index (χ1) is 12.2. The van der Waals surface area contributed by atoms with Crippen LogP contribution in [-0.2, 0) is 4.79 Å². The Hall–Kier alpha value is -2.20. The highest BCUT2D eigenvalue weighted by atomic mass is 35.5. The summed E-state index contributed by atoms with van der Waals surface area (Å²) in [4.78, 5) is 14.2. The van der Waals surface area contributed by atoms with Gasteiger partial charge in [-0.15, -0.1) is 0 Å². The van der Waals surface area contributed by atoms with E-state index < -0.39 is 0 Å². The van der Waals surface area contributed by atoms with Crippen LogP contribution in [0.25, 0.3) is 11.1 Å². The van der Waals surface area contributed by atoms with Crippen LogP contribution < -0.4 is 9.47 Å². The molecule has 1 fully saturated rings. The molecule has 2 aromatic carbocycles. The van der Waals surface area contributed by atoms with E-state index in [4.69, 9.17) is 21.1 Å². The first-order valence-corrected chi connectivity index (χ1v) is 8.89. The van der Waals surface area contributed by atoms with Crippen LogP contribution >= 0.6 is 11.6 Å². The lowest BCUT2D eigenvalue weighted by Crippen LogP contribution is -2.38. The number of carbonyl (C=O) groups excluding carboxylic acids is 1. The minimum atomic E-state index is 0.0341. The molecule has 0 saturated carbocycles. The van der Waals surface area contributed by atoms with Crippen molar-refractivity contribution in [1.29, 1.82) is 0 Å². The van der Waals surface area contributed by atoms with Gasteiger partial charge in [-0.2, -0.15) is 0 Å². The summed E-state index contributed by atoms with van der Waals surface area (Å²) in [7, 11) is 1.61. The Morgan fingerprint density at radius 1 is 1.04 bits per heavy atom. The molecule has 1 heterocycles. The van der Waals surface area contributed by atoms with E-state index in [-0.39, 0.29) is 12.5 Å². The first kappa shape index (κ1) is 17.6. The number of likely N-dealkylation sites (tertiary alicyclic amines) is 1. The second-order valence-corrected chi connectivity index (χ2v) is 6.57. The number of benzene rings is 2. The van der Waals surface area contributed by atoms with Gasteiger partial charge in [-0.3, -0.25) is 4.79 Å². The molecule has 0 aromatic heterocycles. The van der Waals surface area contributed by atoms with E-state index in [2.05, 4.69) is 0 Å². The van der Waals surface area contributed by atoms with E-state index in [1.165, 1.54) is 6.42 Å². The average molecular weight is 360 g/mol. The van der Waals surface area contributed by atoms with E-state index >= 15 is 0 Å². The molecular weight excluding hydrogens is 338 g/mol. The fourth-order valence-electron chi connectivity index (χ4n) is 2.99. The predicted molar refractivity (Wildman–Crippen MR) is 99.4 cm³/mol. The third-order valence-corrected chi connectivity index (χ3v) is 4.58. The minimum Gasteiger partial charge on any atom is -0.497 e. The summed E-state index contributed by atoms with van der Waals surface area (Å²) in [5.74, 6) is 1.32. The summed E-state index contributed by atoms with van der Waals surface area (Å²) in [5.41, 5.74) is 1.90. The van der Waals surface area contributed by atoms with Gasteiger partial charge in [0, 0.05) is 24.2 Å². The van der Waals surface area contributed by atoms with Crippen molar-refractivity contribution in [2.45, 2.75) is 19.3 Å². The molecule has 0 spiro atoms. The number of ether oxygens (including phenoxy) is 2. The van der Waals surface area contributed by atoms with Crippen LogP contribution in [0, 0.1) is 0 Å². The molecule has 1 aliphatic heterocycles. The molecule has 132 valence electrons. The highest BCUT2D eigenvalue weighted by Gasteiger charge is 2.17. The highest BCUT2D eigenvalue weighted by molar-refractivity contribution is 6.30. The molecule has 4 nitrogen and oxygen atoms in total. The average Bonchev–Trinajstić information content (AvgIpc) is 2.66. The molecule has 0 N–H and O–H groups in total. The third-order valence-electron chi connectivity index (χ3n) is 4.34. The fourth-order valence-corrected chi connectivity index (χ4v) is 3.18. The van der Waals surface area contributed by atoms with E-state index in [1.54, 1.807) is 13.2 Å². The summed E-state index contributed by atoms with van der Waals surface area (Å²) >= 11 is 6.08. The monoisotopic (exact) mass is 359 g/mol. The lowest BCUT2D eigenvalue weighted by molar-refractivity contribution is -0.134. The van der Waals surface area contributed by atoms with Crippen molar-refractivity contribution in [3.8, 4) is 22.6 Å². The molecule has 25 heavy (non-hydrogen) atoms. The number of piperidine rings is 1. The molecular formula is C20H22ClNO3. The zero-order chi connectivity index (χ0) is 17.6. The topological polar surface area (TPSA) is 38.8 Å². The maximum atomic E-state index is 12.3. The van der Waals surface area contributed by atoms with Gasteiger partial charge in [0.2, 0.25) is 0 Å². The van der Waals surface area contributed by atoms with Crippen molar-refractivity contribution < 1.29 is 14.3 Å². The second-order valence-electron chi connectivity index (χ2n) is 6.14. The van der Waals surface area contributed by atoms with Crippen LogP contribution in [0.3, 0.4) is 0 Å². The molecule has 0 aliphatic carbocycles. The standard InChI is InChI=1S/C20H22ClNO3/c1-24-18-11-16(15-6-5-7-17(21)10-15)12-19(13-18)25-14-20(23)22-8-3-2-4-9-22/h5-7,10-13H,2-4,8-9,14H2,1H3. The van der Waals surface area contributed by atoms with Crippen LogP contribution in [0.4, 0.5) is 0 Å². The minimum absolute atomic E-state index is 0.0341. The Labute approximate surface area is 153 Å². The Kier molecular flexibility index (Phi) is 5.82. The summed E-state index contributed by atoms with van der Waals surface area (Å²) in [6.07, 6.45) is 3.34. The van der Waals surface area contributed by atoms with Crippen molar-refractivity contribution in [2.75, 3.05) is 26.8 Å². The number of carbonyl (C=O) groups is 1. The molecule has 5 heteroatoms. The van der Waals surface area contributed by atoms with Crippen LogP contribution in [0.2, 0.25) is 5.02 Å². The maximum Gasteiger partial charge on any atom is 0.260 e. The first-order valence-electron chi connectivity index (χ1n) is 8.51. The Balaban J connectivity index is 1.74. The van der Waals surface area contributed by atoms with E-state index in [0.717, 1.165) is 37.1 Å². The number of rotatable bonds is 5. The molecule has 1 aliphatic rings. The molecule has 1 amide bonds. The zero-order valence-electron chi connectivity index (χ0n) is 14.3. The van der Waals surface area contributed by atoms with Gasteiger partial charge in [0.1, 0.15) is 11.5 Å². The molecule has 1 saturated heterocycles. The number of hydrogen-bond acceptors (Lipinski definition) is 3. The van der Waals surface area contributed by atoms with Gasteiger partial charge >= 0.3 is 0 Å². The van der Waals surface area contributed by atoms with Crippen LogP contribution in [0.1, 0.15) is 19.3 Å². The predicted octanol–water partition coefficient (Wildman–Crippen LogP) is 4.41. The van der Waals surface area contributed by atoms with Gasteiger partial charge in [-0.05, 0) is 54.7 Å². The molecule has 0 unspecified atom stereocenters. The van der Waals surface area contributed by atoms with E-state index in [9.17, 15) is 4.79 Å². The molecule has 0 atom stereocenters. The van der Waals surface area contributed by atoms with Gasteiger partial charge in [-0.25, -0.2) is 0 Å². The quantitative estimate of drug-likeness (QED) is 0.793. The van der Waals surface area contributed by atoms with Crippen LogP contribution in [0.15, 0.2) is 42.5 Å². The second kappa shape index (κ2) is 8.26. The molecule has 2 aromatic rings. The molecule has 0 bridgehead atoms. The van der Waals surface area contributed by atoms with Crippen LogP contribution in [0.5, 0.6) is 11.5 Å².